The zero-order valence-corrected chi connectivity index (χ0v) is 12.4. The lowest BCUT2D eigenvalue weighted by molar-refractivity contribution is 0.403. The zero-order chi connectivity index (χ0) is 14.6. The summed E-state index contributed by atoms with van der Waals surface area (Å²) in [6.07, 6.45) is 1.48. The van der Waals surface area contributed by atoms with Crippen molar-refractivity contribution >= 4 is 27.5 Å². The number of hydrogen-bond donors (Lipinski definition) is 0. The molecule has 2 aromatic rings. The predicted octanol–water partition coefficient (Wildman–Crippen LogP) is 3.79. The van der Waals surface area contributed by atoms with Crippen LogP contribution in [-0.4, -0.2) is 15.5 Å². The Morgan fingerprint density at radius 1 is 1.05 bits per heavy atom. The predicted molar refractivity (Wildman–Crippen MR) is 80.7 cm³/mol. The number of rotatable bonds is 4. The Bertz CT molecular complexity index is 736. The van der Waals surface area contributed by atoms with E-state index < -0.39 is 9.84 Å². The van der Waals surface area contributed by atoms with E-state index in [1.54, 1.807) is 42.5 Å². The van der Waals surface area contributed by atoms with Crippen LogP contribution in [0.2, 0.25) is 5.02 Å². The van der Waals surface area contributed by atoms with Gasteiger partial charge in [-0.25, -0.2) is 8.42 Å². The zero-order valence-electron chi connectivity index (χ0n) is 10.8. The van der Waals surface area contributed by atoms with Crippen LogP contribution in [0.1, 0.15) is 5.56 Å². The molecule has 0 saturated carbocycles. The first kappa shape index (κ1) is 14.6. The summed E-state index contributed by atoms with van der Waals surface area (Å²) in [5.74, 6) is 0.316. The monoisotopic (exact) mass is 308 g/mol. The molecule has 0 aromatic heterocycles. The maximum atomic E-state index is 12.3. The number of ether oxygens (including phenoxy) is 1. The van der Waals surface area contributed by atoms with Gasteiger partial charge in [-0.15, -0.1) is 0 Å². The Morgan fingerprint density at radius 3 is 2.40 bits per heavy atom. The molecular weight excluding hydrogens is 296 g/mol. The van der Waals surface area contributed by atoms with Gasteiger partial charge in [-0.2, -0.15) is 0 Å². The smallest absolute Gasteiger partial charge is 0.203 e. The lowest BCUT2D eigenvalue weighted by Gasteiger charge is -2.06. The molecule has 0 aliphatic carbocycles. The van der Waals surface area contributed by atoms with Crippen molar-refractivity contribution in [2.24, 2.45) is 0 Å². The van der Waals surface area contributed by atoms with Gasteiger partial charge in [0.05, 0.1) is 7.11 Å². The van der Waals surface area contributed by atoms with Crippen LogP contribution in [-0.2, 0) is 9.84 Å². The van der Waals surface area contributed by atoms with Crippen LogP contribution in [0.15, 0.2) is 58.8 Å². The molecule has 2 aromatic carbocycles. The number of benzene rings is 2. The first-order valence-electron chi connectivity index (χ1n) is 5.85. The first-order chi connectivity index (χ1) is 9.54. The molecule has 0 spiro atoms. The molecule has 104 valence electrons. The van der Waals surface area contributed by atoms with Gasteiger partial charge < -0.3 is 4.74 Å². The molecule has 0 radical (unpaired) electrons. The van der Waals surface area contributed by atoms with Gasteiger partial charge in [0.1, 0.15) is 10.6 Å². The van der Waals surface area contributed by atoms with E-state index in [9.17, 15) is 8.42 Å². The second-order valence-corrected chi connectivity index (χ2v) is 6.23. The minimum atomic E-state index is -3.58. The number of halogens is 1. The highest BCUT2D eigenvalue weighted by Gasteiger charge is 2.15. The molecule has 0 fully saturated rings. The van der Waals surface area contributed by atoms with E-state index in [1.807, 2.05) is 0 Å². The van der Waals surface area contributed by atoms with Crippen molar-refractivity contribution in [3.05, 3.63) is 64.5 Å². The van der Waals surface area contributed by atoms with Crippen LogP contribution in [0.3, 0.4) is 0 Å². The topological polar surface area (TPSA) is 43.4 Å². The Kier molecular flexibility index (Phi) is 4.47. The van der Waals surface area contributed by atoms with Crippen molar-refractivity contribution in [1.82, 2.24) is 0 Å². The molecule has 0 amide bonds. The van der Waals surface area contributed by atoms with E-state index in [4.69, 9.17) is 16.3 Å². The largest absolute Gasteiger partial charge is 0.495 e. The third-order valence-electron chi connectivity index (χ3n) is 2.71. The van der Waals surface area contributed by atoms with E-state index in [1.165, 1.54) is 19.3 Å². The van der Waals surface area contributed by atoms with Crippen molar-refractivity contribution in [1.29, 1.82) is 0 Å². The Hall–Kier alpha value is -1.78. The molecule has 5 heteroatoms. The molecule has 0 atom stereocenters. The summed E-state index contributed by atoms with van der Waals surface area (Å²) in [5, 5.41) is 1.63. The standard InChI is InChI=1S/C15H13ClO3S/c1-19-14-8-4-5-9-15(14)20(17,18)11-10-12-6-2-3-7-13(12)16/h2-11H,1H3. The van der Waals surface area contributed by atoms with E-state index in [-0.39, 0.29) is 4.90 Å². The van der Waals surface area contributed by atoms with E-state index in [0.29, 0.717) is 16.3 Å². The molecule has 0 aliphatic rings. The molecule has 20 heavy (non-hydrogen) atoms. The number of sulfone groups is 1. The van der Waals surface area contributed by atoms with Crippen LogP contribution in [0, 0.1) is 0 Å². The third kappa shape index (κ3) is 3.21. The SMILES string of the molecule is COc1ccccc1S(=O)(=O)C=Cc1ccccc1Cl. The molecule has 0 bridgehead atoms. The number of para-hydroxylation sites is 1. The quantitative estimate of drug-likeness (QED) is 0.863. The maximum absolute atomic E-state index is 12.3. The average Bonchev–Trinajstić information content (AvgIpc) is 2.46. The maximum Gasteiger partial charge on any atom is 0.203 e. The normalized spacial score (nSPS) is 11.7. The third-order valence-corrected chi connectivity index (χ3v) is 4.50. The fourth-order valence-corrected chi connectivity index (χ4v) is 3.07. The van der Waals surface area contributed by atoms with Crippen molar-refractivity contribution in [3.8, 4) is 5.75 Å². The fourth-order valence-electron chi connectivity index (χ4n) is 1.70. The Labute approximate surface area is 123 Å². The van der Waals surface area contributed by atoms with E-state index in [2.05, 4.69) is 0 Å². The lowest BCUT2D eigenvalue weighted by atomic mass is 10.2. The highest BCUT2D eigenvalue weighted by atomic mass is 35.5. The van der Waals surface area contributed by atoms with E-state index in [0.717, 1.165) is 5.41 Å². The summed E-state index contributed by atoms with van der Waals surface area (Å²) >= 11 is 5.99. The molecule has 0 saturated heterocycles. The second-order valence-electron chi connectivity index (χ2n) is 4.02. The van der Waals surface area contributed by atoms with Crippen LogP contribution < -0.4 is 4.74 Å². The first-order valence-corrected chi connectivity index (χ1v) is 7.78. The summed E-state index contributed by atoms with van der Waals surface area (Å²) in [5.41, 5.74) is 0.646. The molecular formula is C15H13ClO3S. The average molecular weight is 309 g/mol. The van der Waals surface area contributed by atoms with Crippen molar-refractivity contribution in [2.75, 3.05) is 7.11 Å². The molecule has 3 nitrogen and oxygen atoms in total. The van der Waals surface area contributed by atoms with Crippen LogP contribution in [0.25, 0.3) is 6.08 Å². The Morgan fingerprint density at radius 2 is 1.70 bits per heavy atom. The molecule has 0 N–H and O–H groups in total. The molecule has 0 unspecified atom stereocenters. The van der Waals surface area contributed by atoms with Crippen molar-refractivity contribution in [3.63, 3.8) is 0 Å². The van der Waals surface area contributed by atoms with Gasteiger partial charge in [0.25, 0.3) is 0 Å². The second kappa shape index (κ2) is 6.11. The number of methoxy groups -OCH3 is 1. The van der Waals surface area contributed by atoms with Gasteiger partial charge in [-0.3, -0.25) is 0 Å². The minimum absolute atomic E-state index is 0.130. The van der Waals surface area contributed by atoms with Crippen LogP contribution >= 0.6 is 11.6 Å². The summed E-state index contributed by atoms with van der Waals surface area (Å²) < 4.78 is 29.6. The summed E-state index contributed by atoms with van der Waals surface area (Å²) in [6.45, 7) is 0. The van der Waals surface area contributed by atoms with Gasteiger partial charge in [0.15, 0.2) is 0 Å². The van der Waals surface area contributed by atoms with Gasteiger partial charge in [-0.05, 0) is 29.8 Å². The summed E-state index contributed by atoms with van der Waals surface area (Å²) in [4.78, 5) is 0.130. The van der Waals surface area contributed by atoms with Crippen molar-refractivity contribution in [2.45, 2.75) is 4.90 Å². The lowest BCUT2D eigenvalue weighted by Crippen LogP contribution is -1.99. The number of hydrogen-bond acceptors (Lipinski definition) is 3. The highest BCUT2D eigenvalue weighted by molar-refractivity contribution is 7.94. The van der Waals surface area contributed by atoms with Crippen LogP contribution in [0.5, 0.6) is 5.75 Å². The summed E-state index contributed by atoms with van der Waals surface area (Å²) in [6, 6.07) is 13.5. The fraction of sp³-hybridized carbons (Fsp3) is 0.0667. The highest BCUT2D eigenvalue weighted by Crippen LogP contribution is 2.25. The van der Waals surface area contributed by atoms with Gasteiger partial charge in [-0.1, -0.05) is 41.9 Å². The van der Waals surface area contributed by atoms with Crippen molar-refractivity contribution < 1.29 is 13.2 Å². The Balaban J connectivity index is 2.39. The van der Waals surface area contributed by atoms with Gasteiger partial charge >= 0.3 is 0 Å². The van der Waals surface area contributed by atoms with Gasteiger partial charge in [0.2, 0.25) is 9.84 Å². The molecule has 0 heterocycles. The van der Waals surface area contributed by atoms with E-state index >= 15 is 0 Å². The van der Waals surface area contributed by atoms with Gasteiger partial charge in [0, 0.05) is 10.4 Å². The molecule has 2 rings (SSSR count). The summed E-state index contributed by atoms with van der Waals surface area (Å²) in [7, 11) is -2.15. The minimum Gasteiger partial charge on any atom is -0.495 e. The van der Waals surface area contributed by atoms with Crippen LogP contribution in [0.4, 0.5) is 0 Å². The molecule has 0 aliphatic heterocycles.